The molecule has 3 aliphatic rings. The van der Waals surface area contributed by atoms with E-state index in [2.05, 4.69) is 59.7 Å². The quantitative estimate of drug-likeness (QED) is 0.168. The average Bonchev–Trinajstić information content (AvgIpc) is 3.72. The van der Waals surface area contributed by atoms with Gasteiger partial charge in [-0.1, -0.05) is 101 Å². The van der Waals surface area contributed by atoms with Crippen molar-refractivity contribution >= 4 is 45.1 Å². The molecular weight excluding hydrogens is 668 g/mol. The van der Waals surface area contributed by atoms with E-state index in [1.54, 1.807) is 0 Å². The number of carboxylic acids is 1. The molecule has 7 heteroatoms. The van der Waals surface area contributed by atoms with Gasteiger partial charge in [0.1, 0.15) is 17.2 Å². The molecule has 2 fully saturated rings. The Labute approximate surface area is 312 Å². The van der Waals surface area contributed by atoms with Gasteiger partial charge in [0.15, 0.2) is 0 Å². The topological polar surface area (TPSA) is 62.5 Å². The van der Waals surface area contributed by atoms with Crippen LogP contribution in [0.2, 0.25) is 0 Å². The molecule has 1 saturated heterocycles. The SMILES string of the molecule is CCCCC(CC)C1CCN(C(=O)Cn2c(-c3ccc4c(c3)/C=C\C(c3ccc(F)cc3)=C\CC4)c(C3CCCCC3)c3sc(C(=O)O)cc32)CC1. The predicted octanol–water partition coefficient (Wildman–Crippen LogP) is 11.8. The van der Waals surface area contributed by atoms with Crippen LogP contribution in [0.4, 0.5) is 4.39 Å². The van der Waals surface area contributed by atoms with Gasteiger partial charge in [-0.3, -0.25) is 4.79 Å². The first-order valence-corrected chi connectivity index (χ1v) is 20.6. The van der Waals surface area contributed by atoms with E-state index in [9.17, 15) is 19.1 Å². The van der Waals surface area contributed by atoms with Crippen molar-refractivity contribution in [2.24, 2.45) is 11.8 Å². The number of aromatic carboxylic acids is 1. The first kappa shape index (κ1) is 36.4. The number of carboxylic acid groups (broad SMARTS) is 1. The van der Waals surface area contributed by atoms with Crippen LogP contribution in [-0.2, 0) is 17.8 Å². The molecule has 0 spiro atoms. The summed E-state index contributed by atoms with van der Waals surface area (Å²) < 4.78 is 16.9. The summed E-state index contributed by atoms with van der Waals surface area (Å²) in [7, 11) is 0. The van der Waals surface area contributed by atoms with Crippen LogP contribution in [0.5, 0.6) is 0 Å². The number of allylic oxidation sites excluding steroid dienone is 3. The Morgan fingerprint density at radius 2 is 1.69 bits per heavy atom. The molecule has 4 aromatic rings. The summed E-state index contributed by atoms with van der Waals surface area (Å²) in [6, 6.07) is 15.2. The number of aryl methyl sites for hydroxylation is 1. The fourth-order valence-corrected chi connectivity index (χ4v) is 10.3. The van der Waals surface area contributed by atoms with E-state index in [1.807, 2.05) is 18.2 Å². The maximum absolute atomic E-state index is 14.3. The monoisotopic (exact) mass is 720 g/mol. The third-order valence-corrected chi connectivity index (χ3v) is 13.3. The van der Waals surface area contributed by atoms with Crippen LogP contribution in [0.1, 0.15) is 129 Å². The van der Waals surface area contributed by atoms with Crippen LogP contribution in [0.25, 0.3) is 33.1 Å². The molecule has 1 N–H and O–H groups in total. The fourth-order valence-electron chi connectivity index (χ4n) is 9.21. The third-order valence-electron chi connectivity index (χ3n) is 12.1. The second kappa shape index (κ2) is 16.4. The lowest BCUT2D eigenvalue weighted by Gasteiger charge is -2.36. The molecule has 52 heavy (non-hydrogen) atoms. The molecule has 274 valence electrons. The number of likely N-dealkylation sites (tertiary alicyclic amines) is 1. The van der Waals surface area contributed by atoms with E-state index in [0.717, 1.165) is 109 Å². The van der Waals surface area contributed by atoms with Gasteiger partial charge in [0.2, 0.25) is 5.91 Å². The van der Waals surface area contributed by atoms with E-state index >= 15 is 0 Å². The number of unbranched alkanes of at least 4 members (excludes halogenated alkanes) is 1. The molecule has 3 heterocycles. The number of fused-ring (bicyclic) bond motifs is 2. The molecule has 7 rings (SSSR count). The molecular formula is C45H53FN2O3S. The Morgan fingerprint density at radius 3 is 2.40 bits per heavy atom. The summed E-state index contributed by atoms with van der Waals surface area (Å²) in [6.07, 6.45) is 21.1. The number of nitrogens with zero attached hydrogens (tertiary/aromatic N) is 2. The summed E-state index contributed by atoms with van der Waals surface area (Å²) in [5.41, 5.74) is 8.73. The van der Waals surface area contributed by atoms with E-state index in [1.165, 1.54) is 66.7 Å². The Morgan fingerprint density at radius 1 is 0.942 bits per heavy atom. The molecule has 1 unspecified atom stereocenters. The fraction of sp³-hybridized carbons (Fsp3) is 0.467. The van der Waals surface area contributed by atoms with Gasteiger partial charge in [-0.05, 0) is 114 Å². The van der Waals surface area contributed by atoms with Crippen molar-refractivity contribution in [2.45, 2.75) is 110 Å². The van der Waals surface area contributed by atoms with Crippen molar-refractivity contribution in [3.63, 3.8) is 0 Å². The molecule has 2 aliphatic carbocycles. The van der Waals surface area contributed by atoms with E-state index in [4.69, 9.17) is 0 Å². The number of carbonyl (C=O) groups is 2. The van der Waals surface area contributed by atoms with E-state index in [-0.39, 0.29) is 18.3 Å². The van der Waals surface area contributed by atoms with Gasteiger partial charge < -0.3 is 14.6 Å². The zero-order chi connectivity index (χ0) is 36.2. The Balaban J connectivity index is 1.26. The first-order chi connectivity index (χ1) is 25.3. The van der Waals surface area contributed by atoms with Crippen molar-refractivity contribution in [3.05, 3.63) is 93.6 Å². The normalized spacial score (nSPS) is 19.4. The lowest BCUT2D eigenvalue weighted by atomic mass is 9.80. The van der Waals surface area contributed by atoms with Crippen molar-refractivity contribution in [1.29, 1.82) is 0 Å². The summed E-state index contributed by atoms with van der Waals surface area (Å²) in [5.74, 6) is 0.700. The number of aromatic nitrogens is 1. The average molecular weight is 721 g/mol. The highest BCUT2D eigenvalue weighted by molar-refractivity contribution is 7.21. The van der Waals surface area contributed by atoms with Gasteiger partial charge in [0.05, 0.1) is 15.9 Å². The number of piperidine rings is 1. The molecule has 0 bridgehead atoms. The molecule has 1 atom stereocenters. The summed E-state index contributed by atoms with van der Waals surface area (Å²) in [4.78, 5) is 29.0. The van der Waals surface area contributed by atoms with Gasteiger partial charge in [-0.2, -0.15) is 0 Å². The number of carbonyl (C=O) groups excluding carboxylic acids is 1. The Hall–Kier alpha value is -3.97. The smallest absolute Gasteiger partial charge is 0.345 e. The van der Waals surface area contributed by atoms with Crippen molar-refractivity contribution in [3.8, 4) is 11.3 Å². The summed E-state index contributed by atoms with van der Waals surface area (Å²) >= 11 is 1.37. The standard InChI is InChI=1S/C45H53FN2O3S/c1-3-5-10-30(4-2)34-23-25-47(26-24-34)41(49)29-48-39-28-40(45(50)51)52-44(39)42(35-11-7-6-8-12-35)43(48)37-18-16-32-14-9-13-31(15-17-36(32)27-37)33-19-21-38(46)22-20-33/h13,15-22,27-28,30,34-35H,3-12,14,23-26,29H2,1-2H3,(H,50,51)/b17-15-,31-13-. The number of halogens is 1. The maximum atomic E-state index is 14.3. The molecule has 2 aromatic heterocycles. The van der Waals surface area contributed by atoms with Gasteiger partial charge in [0.25, 0.3) is 0 Å². The molecule has 1 saturated carbocycles. The zero-order valence-electron chi connectivity index (χ0n) is 30.8. The summed E-state index contributed by atoms with van der Waals surface area (Å²) in [6.45, 7) is 6.36. The predicted molar refractivity (Wildman–Crippen MR) is 212 cm³/mol. The Bertz CT molecular complexity index is 1950. The largest absolute Gasteiger partial charge is 0.477 e. The van der Waals surface area contributed by atoms with E-state index in [0.29, 0.717) is 16.7 Å². The van der Waals surface area contributed by atoms with Crippen LogP contribution >= 0.6 is 11.3 Å². The molecule has 2 aromatic carbocycles. The number of hydrogen-bond donors (Lipinski definition) is 1. The van der Waals surface area contributed by atoms with Gasteiger partial charge in [-0.15, -0.1) is 11.3 Å². The van der Waals surface area contributed by atoms with Gasteiger partial charge >= 0.3 is 5.97 Å². The minimum atomic E-state index is -0.915. The first-order valence-electron chi connectivity index (χ1n) is 19.8. The number of thiophene rings is 1. The van der Waals surface area contributed by atoms with Crippen molar-refractivity contribution in [1.82, 2.24) is 9.47 Å². The Kier molecular flexibility index (Phi) is 11.5. The zero-order valence-corrected chi connectivity index (χ0v) is 31.7. The van der Waals surface area contributed by atoms with E-state index < -0.39 is 5.97 Å². The van der Waals surface area contributed by atoms with Crippen LogP contribution in [-0.4, -0.2) is 39.5 Å². The highest BCUT2D eigenvalue weighted by Crippen LogP contribution is 2.47. The number of rotatable bonds is 11. The van der Waals surface area contributed by atoms with Crippen LogP contribution < -0.4 is 0 Å². The van der Waals surface area contributed by atoms with Gasteiger partial charge in [-0.25, -0.2) is 9.18 Å². The van der Waals surface area contributed by atoms with Crippen LogP contribution in [0, 0.1) is 17.7 Å². The lowest BCUT2D eigenvalue weighted by molar-refractivity contribution is -0.133. The number of amides is 1. The summed E-state index contributed by atoms with van der Waals surface area (Å²) in [5, 5.41) is 10.1. The minimum absolute atomic E-state index is 0.122. The maximum Gasteiger partial charge on any atom is 0.345 e. The van der Waals surface area contributed by atoms with Crippen molar-refractivity contribution < 1.29 is 19.1 Å². The van der Waals surface area contributed by atoms with Crippen molar-refractivity contribution in [2.75, 3.05) is 13.1 Å². The second-order valence-corrected chi connectivity index (χ2v) is 16.3. The number of benzene rings is 2. The molecule has 1 aliphatic heterocycles. The third kappa shape index (κ3) is 7.71. The van der Waals surface area contributed by atoms with Crippen LogP contribution in [0.3, 0.4) is 0 Å². The van der Waals surface area contributed by atoms with Gasteiger partial charge in [0, 0.05) is 13.1 Å². The highest BCUT2D eigenvalue weighted by Gasteiger charge is 2.32. The highest BCUT2D eigenvalue weighted by atomic mass is 32.1. The molecule has 1 amide bonds. The molecule has 5 nitrogen and oxygen atoms in total. The lowest BCUT2D eigenvalue weighted by Crippen LogP contribution is -2.41. The minimum Gasteiger partial charge on any atom is -0.477 e. The molecule has 0 radical (unpaired) electrons. The number of hydrogen-bond acceptors (Lipinski definition) is 3. The van der Waals surface area contributed by atoms with Crippen LogP contribution in [0.15, 0.2) is 60.7 Å². The second-order valence-electron chi connectivity index (χ2n) is 15.3.